The average Bonchev–Trinajstić information content (AvgIpc) is 2.57. The highest BCUT2D eigenvalue weighted by Gasteiger charge is 2.36. The first-order valence-corrected chi connectivity index (χ1v) is 9.74. The van der Waals surface area contributed by atoms with E-state index in [0.717, 1.165) is 24.2 Å². The quantitative estimate of drug-likeness (QED) is 0.604. The van der Waals surface area contributed by atoms with E-state index < -0.39 is 8.32 Å². The van der Waals surface area contributed by atoms with E-state index in [0.29, 0.717) is 5.04 Å². The topological polar surface area (TPSA) is 27.1 Å². The molecule has 1 aromatic rings. The SMILES string of the molecule is CC(C)(C)[Si](C)(C)OCCCn1cnc(Br)c1. The molecule has 0 N–H and O–H groups in total. The molecule has 98 valence electrons. The summed E-state index contributed by atoms with van der Waals surface area (Å²) in [5, 5.41) is 0.297. The maximum Gasteiger partial charge on any atom is 0.191 e. The summed E-state index contributed by atoms with van der Waals surface area (Å²) in [6.07, 6.45) is 4.87. The van der Waals surface area contributed by atoms with Gasteiger partial charge in [0.15, 0.2) is 8.32 Å². The lowest BCUT2D eigenvalue weighted by molar-refractivity contribution is 0.275. The number of hydrogen-bond donors (Lipinski definition) is 0. The van der Waals surface area contributed by atoms with Crippen molar-refractivity contribution >= 4 is 24.2 Å². The molecular weight excluding hydrogens is 296 g/mol. The number of aryl methyl sites for hydroxylation is 1. The van der Waals surface area contributed by atoms with E-state index in [9.17, 15) is 0 Å². The summed E-state index contributed by atoms with van der Waals surface area (Å²) in [6.45, 7) is 13.2. The van der Waals surface area contributed by atoms with E-state index in [2.05, 4.69) is 59.3 Å². The van der Waals surface area contributed by atoms with Gasteiger partial charge in [0.05, 0.1) is 6.33 Å². The molecule has 0 spiro atoms. The third kappa shape index (κ3) is 4.56. The van der Waals surface area contributed by atoms with Crippen LogP contribution in [0.5, 0.6) is 0 Å². The Balaban J connectivity index is 2.29. The van der Waals surface area contributed by atoms with Crippen LogP contribution in [0.15, 0.2) is 17.1 Å². The molecule has 5 heteroatoms. The molecular formula is C12H23BrN2OSi. The predicted octanol–water partition coefficient (Wildman–Crippen LogP) is 4.06. The number of halogens is 1. The zero-order valence-corrected chi connectivity index (χ0v) is 14.0. The summed E-state index contributed by atoms with van der Waals surface area (Å²) in [6, 6.07) is 0. The van der Waals surface area contributed by atoms with E-state index in [-0.39, 0.29) is 0 Å². The van der Waals surface area contributed by atoms with Crippen LogP contribution in [0, 0.1) is 0 Å². The van der Waals surface area contributed by atoms with Crippen molar-refractivity contribution in [1.82, 2.24) is 9.55 Å². The largest absolute Gasteiger partial charge is 0.417 e. The first-order valence-electron chi connectivity index (χ1n) is 6.03. The Morgan fingerprint density at radius 3 is 2.53 bits per heavy atom. The number of imidazole rings is 1. The smallest absolute Gasteiger partial charge is 0.191 e. The molecule has 0 aromatic carbocycles. The van der Waals surface area contributed by atoms with Crippen molar-refractivity contribution in [3.63, 3.8) is 0 Å². The van der Waals surface area contributed by atoms with Gasteiger partial charge in [-0.3, -0.25) is 0 Å². The van der Waals surface area contributed by atoms with Crippen molar-refractivity contribution in [3.8, 4) is 0 Å². The van der Waals surface area contributed by atoms with Crippen LogP contribution in [-0.2, 0) is 11.0 Å². The van der Waals surface area contributed by atoms with E-state index in [4.69, 9.17) is 4.43 Å². The maximum absolute atomic E-state index is 6.12. The van der Waals surface area contributed by atoms with E-state index >= 15 is 0 Å². The zero-order chi connectivity index (χ0) is 13.1. The standard InChI is InChI=1S/C12H23BrN2OSi/c1-12(2,3)17(4,5)16-8-6-7-15-9-11(13)14-10-15/h9-10H,6-8H2,1-5H3. The van der Waals surface area contributed by atoms with Gasteiger partial charge < -0.3 is 8.99 Å². The molecule has 0 aliphatic rings. The summed E-state index contributed by atoms with van der Waals surface area (Å²) in [5.41, 5.74) is 0. The fourth-order valence-corrected chi connectivity index (χ4v) is 2.69. The van der Waals surface area contributed by atoms with Crippen LogP contribution < -0.4 is 0 Å². The van der Waals surface area contributed by atoms with Crippen molar-refractivity contribution in [2.45, 2.75) is 51.9 Å². The molecule has 0 radical (unpaired) electrons. The monoisotopic (exact) mass is 318 g/mol. The Bertz CT molecular complexity index is 358. The van der Waals surface area contributed by atoms with Crippen LogP contribution in [0.4, 0.5) is 0 Å². The summed E-state index contributed by atoms with van der Waals surface area (Å²) < 4.78 is 9.09. The van der Waals surface area contributed by atoms with Gasteiger partial charge in [0.2, 0.25) is 0 Å². The van der Waals surface area contributed by atoms with Gasteiger partial charge in [-0.15, -0.1) is 0 Å². The van der Waals surface area contributed by atoms with Gasteiger partial charge in [0.25, 0.3) is 0 Å². The van der Waals surface area contributed by atoms with Crippen molar-refractivity contribution in [3.05, 3.63) is 17.1 Å². The van der Waals surface area contributed by atoms with Crippen LogP contribution in [0.2, 0.25) is 18.1 Å². The van der Waals surface area contributed by atoms with Crippen molar-refractivity contribution < 1.29 is 4.43 Å². The lowest BCUT2D eigenvalue weighted by atomic mass is 10.2. The van der Waals surface area contributed by atoms with Gasteiger partial charge in [-0.05, 0) is 40.5 Å². The average molecular weight is 319 g/mol. The molecule has 1 aromatic heterocycles. The van der Waals surface area contributed by atoms with Crippen LogP contribution in [0.25, 0.3) is 0 Å². The minimum absolute atomic E-state index is 0.297. The number of hydrogen-bond acceptors (Lipinski definition) is 2. The molecule has 0 bridgehead atoms. The third-order valence-corrected chi connectivity index (χ3v) is 8.38. The molecule has 0 fully saturated rings. The Morgan fingerprint density at radius 1 is 1.41 bits per heavy atom. The molecule has 3 nitrogen and oxygen atoms in total. The number of nitrogens with zero attached hydrogens (tertiary/aromatic N) is 2. The fourth-order valence-electron chi connectivity index (χ4n) is 1.25. The number of aromatic nitrogens is 2. The van der Waals surface area contributed by atoms with Gasteiger partial charge in [-0.2, -0.15) is 0 Å². The first kappa shape index (κ1) is 14.9. The van der Waals surface area contributed by atoms with E-state index in [1.807, 2.05) is 12.5 Å². The summed E-state index contributed by atoms with van der Waals surface area (Å²) in [4.78, 5) is 4.13. The van der Waals surface area contributed by atoms with Crippen LogP contribution in [0.1, 0.15) is 27.2 Å². The van der Waals surface area contributed by atoms with Crippen molar-refractivity contribution in [1.29, 1.82) is 0 Å². The van der Waals surface area contributed by atoms with Crippen LogP contribution in [-0.4, -0.2) is 24.5 Å². The molecule has 0 aliphatic heterocycles. The second kappa shape index (κ2) is 5.67. The molecule has 1 rings (SSSR count). The second-order valence-electron chi connectivity index (χ2n) is 5.90. The maximum atomic E-state index is 6.12. The van der Waals surface area contributed by atoms with Gasteiger partial charge in [-0.25, -0.2) is 4.98 Å². The molecule has 0 atom stereocenters. The fraction of sp³-hybridized carbons (Fsp3) is 0.750. The summed E-state index contributed by atoms with van der Waals surface area (Å²) in [7, 11) is -1.57. The molecule has 0 aliphatic carbocycles. The minimum atomic E-state index is -1.57. The Hall–Kier alpha value is -0.133. The Morgan fingerprint density at radius 2 is 2.06 bits per heavy atom. The molecule has 0 saturated carbocycles. The molecule has 1 heterocycles. The normalized spacial score (nSPS) is 13.1. The minimum Gasteiger partial charge on any atom is -0.417 e. The lowest BCUT2D eigenvalue weighted by Crippen LogP contribution is -2.41. The Labute approximate surface area is 114 Å². The molecule has 0 saturated heterocycles. The highest BCUT2D eigenvalue weighted by Crippen LogP contribution is 2.36. The number of rotatable bonds is 5. The van der Waals surface area contributed by atoms with Gasteiger partial charge in [0, 0.05) is 19.3 Å². The highest BCUT2D eigenvalue weighted by atomic mass is 79.9. The van der Waals surface area contributed by atoms with Crippen molar-refractivity contribution in [2.75, 3.05) is 6.61 Å². The molecule has 17 heavy (non-hydrogen) atoms. The second-order valence-corrected chi connectivity index (χ2v) is 11.5. The summed E-state index contributed by atoms with van der Waals surface area (Å²) in [5.74, 6) is 0. The zero-order valence-electron chi connectivity index (χ0n) is 11.5. The third-order valence-electron chi connectivity index (χ3n) is 3.43. The first-order chi connectivity index (χ1) is 7.72. The van der Waals surface area contributed by atoms with E-state index in [1.54, 1.807) is 0 Å². The van der Waals surface area contributed by atoms with Crippen LogP contribution in [0.3, 0.4) is 0 Å². The summed E-state index contributed by atoms with van der Waals surface area (Å²) >= 11 is 3.34. The van der Waals surface area contributed by atoms with E-state index in [1.165, 1.54) is 0 Å². The lowest BCUT2D eigenvalue weighted by Gasteiger charge is -2.36. The Kier molecular flexibility index (Phi) is 4.98. The van der Waals surface area contributed by atoms with Crippen molar-refractivity contribution in [2.24, 2.45) is 0 Å². The molecule has 0 amide bonds. The predicted molar refractivity (Wildman–Crippen MR) is 77.7 cm³/mol. The van der Waals surface area contributed by atoms with Gasteiger partial charge in [0.1, 0.15) is 4.60 Å². The highest BCUT2D eigenvalue weighted by molar-refractivity contribution is 9.10. The van der Waals surface area contributed by atoms with Gasteiger partial charge >= 0.3 is 0 Å². The molecule has 0 unspecified atom stereocenters. The van der Waals surface area contributed by atoms with Gasteiger partial charge in [-0.1, -0.05) is 20.8 Å². The van der Waals surface area contributed by atoms with Crippen LogP contribution >= 0.6 is 15.9 Å².